The Bertz CT molecular complexity index is 959. The molecule has 0 atom stereocenters. The lowest BCUT2D eigenvalue weighted by molar-refractivity contribution is -0.137. The summed E-state index contributed by atoms with van der Waals surface area (Å²) in [6, 6.07) is 2.80. The zero-order valence-corrected chi connectivity index (χ0v) is 13.5. The zero-order valence-electron chi connectivity index (χ0n) is 11.9. The maximum atomic E-state index is 12.9. The van der Waals surface area contributed by atoms with E-state index in [9.17, 15) is 18.0 Å². The molecule has 130 valence electrons. The van der Waals surface area contributed by atoms with Gasteiger partial charge < -0.3 is 4.98 Å². The minimum Gasteiger partial charge on any atom is -0.340 e. The summed E-state index contributed by atoms with van der Waals surface area (Å²) in [5.74, 6) is -0.726. The highest BCUT2D eigenvalue weighted by molar-refractivity contribution is 6.31. The Morgan fingerprint density at radius 2 is 1.96 bits per heavy atom. The first-order chi connectivity index (χ1) is 11.8. The van der Waals surface area contributed by atoms with Crippen molar-refractivity contribution < 1.29 is 18.0 Å². The highest BCUT2D eigenvalue weighted by atomic mass is 35.5. The minimum absolute atomic E-state index is 0.103. The second-order valence-electron chi connectivity index (χ2n) is 4.71. The molecule has 0 unspecified atom stereocenters. The van der Waals surface area contributed by atoms with Gasteiger partial charge in [-0.05, 0) is 29.8 Å². The number of benzene rings is 1. The monoisotopic (exact) mass is 390 g/mol. The Balaban J connectivity index is 1.82. The molecule has 0 aliphatic heterocycles. The van der Waals surface area contributed by atoms with Crippen LogP contribution in [0.4, 0.5) is 19.0 Å². The Kier molecular flexibility index (Phi) is 4.39. The third kappa shape index (κ3) is 3.59. The number of aromatic amines is 1. The van der Waals surface area contributed by atoms with Crippen molar-refractivity contribution in [3.8, 4) is 0 Å². The van der Waals surface area contributed by atoms with Gasteiger partial charge in [0.05, 0.1) is 16.9 Å². The molecule has 2 heterocycles. The number of hydrogen-bond donors (Lipinski definition) is 3. The van der Waals surface area contributed by atoms with Gasteiger partial charge in [0.15, 0.2) is 11.5 Å². The highest BCUT2D eigenvalue weighted by Gasteiger charge is 2.33. The molecule has 3 aromatic rings. The smallest absolute Gasteiger partial charge is 0.340 e. The summed E-state index contributed by atoms with van der Waals surface area (Å²) < 4.78 is 38.6. The van der Waals surface area contributed by atoms with Crippen LogP contribution < -0.4 is 10.9 Å². The van der Waals surface area contributed by atoms with Crippen LogP contribution >= 0.6 is 23.2 Å². The molecule has 12 heteroatoms. The van der Waals surface area contributed by atoms with Crippen molar-refractivity contribution in [3.63, 3.8) is 0 Å². The second-order valence-corrected chi connectivity index (χ2v) is 5.46. The summed E-state index contributed by atoms with van der Waals surface area (Å²) in [6.45, 7) is 0. The molecule has 1 amide bonds. The lowest BCUT2D eigenvalue weighted by Gasteiger charge is -2.12. The van der Waals surface area contributed by atoms with E-state index < -0.39 is 22.7 Å². The largest absolute Gasteiger partial charge is 0.417 e. The van der Waals surface area contributed by atoms with Crippen LogP contribution in [0.3, 0.4) is 0 Å². The van der Waals surface area contributed by atoms with Crippen molar-refractivity contribution in [2.75, 3.05) is 5.43 Å². The van der Waals surface area contributed by atoms with E-state index in [2.05, 4.69) is 30.8 Å². The Labute approximate surface area is 147 Å². The van der Waals surface area contributed by atoms with E-state index in [1.165, 1.54) is 6.33 Å². The van der Waals surface area contributed by atoms with Crippen molar-refractivity contribution in [1.82, 2.24) is 25.4 Å². The molecule has 3 N–H and O–H groups in total. The van der Waals surface area contributed by atoms with E-state index in [4.69, 9.17) is 23.2 Å². The number of nitrogens with one attached hydrogen (secondary N) is 3. The third-order valence-electron chi connectivity index (χ3n) is 3.09. The zero-order chi connectivity index (χ0) is 18.2. The summed E-state index contributed by atoms with van der Waals surface area (Å²) in [6.07, 6.45) is -3.33. The second kappa shape index (κ2) is 6.37. The predicted molar refractivity (Wildman–Crippen MR) is 84.2 cm³/mol. The van der Waals surface area contributed by atoms with Gasteiger partial charge in [-0.1, -0.05) is 11.6 Å². The molecule has 7 nitrogen and oxygen atoms in total. The summed E-state index contributed by atoms with van der Waals surface area (Å²) in [4.78, 5) is 26.4. The molecule has 2 aromatic heterocycles. The van der Waals surface area contributed by atoms with Crippen molar-refractivity contribution >= 4 is 46.1 Å². The van der Waals surface area contributed by atoms with Crippen LogP contribution in [0.5, 0.6) is 0 Å². The molecule has 0 saturated heterocycles. The lowest BCUT2D eigenvalue weighted by atomic mass is 10.1. The first kappa shape index (κ1) is 17.2. The first-order valence-corrected chi connectivity index (χ1v) is 7.31. The van der Waals surface area contributed by atoms with Gasteiger partial charge in [0.1, 0.15) is 5.52 Å². The number of halogens is 5. The van der Waals surface area contributed by atoms with Crippen molar-refractivity contribution in [3.05, 3.63) is 46.0 Å². The number of hydrazine groups is 1. The minimum atomic E-state index is -4.68. The molecule has 25 heavy (non-hydrogen) atoms. The van der Waals surface area contributed by atoms with Gasteiger partial charge in [0.25, 0.3) is 5.91 Å². The molecule has 0 fully saturated rings. The molecule has 1 aromatic carbocycles. The fourth-order valence-electron chi connectivity index (χ4n) is 1.97. The lowest BCUT2D eigenvalue weighted by Crippen LogP contribution is -2.30. The quantitative estimate of drug-likeness (QED) is 0.470. The van der Waals surface area contributed by atoms with E-state index in [0.29, 0.717) is 11.6 Å². The highest BCUT2D eigenvalue weighted by Crippen LogP contribution is 2.35. The maximum Gasteiger partial charge on any atom is 0.417 e. The van der Waals surface area contributed by atoms with Gasteiger partial charge >= 0.3 is 6.18 Å². The van der Waals surface area contributed by atoms with Gasteiger partial charge in [-0.2, -0.15) is 23.1 Å². The standard InChI is InChI=1S/C13H7Cl2F3N6O/c14-7-2-1-5(3-6(7)13(16,17)18)11(25)24-23-10-8-9(20-4-19-8)21-12(15)22-10/h1-4H,(H,24,25)(H2,19,20,21,22,23). The molecule has 0 aliphatic carbocycles. The number of amides is 1. The van der Waals surface area contributed by atoms with Crippen LogP contribution in [0, 0.1) is 0 Å². The number of carbonyl (C=O) groups is 1. The van der Waals surface area contributed by atoms with Crippen LogP contribution in [0.25, 0.3) is 11.2 Å². The number of aromatic nitrogens is 4. The van der Waals surface area contributed by atoms with E-state index >= 15 is 0 Å². The van der Waals surface area contributed by atoms with Gasteiger partial charge in [-0.3, -0.25) is 15.6 Å². The summed E-state index contributed by atoms with van der Waals surface area (Å²) >= 11 is 11.3. The number of imidazole rings is 1. The van der Waals surface area contributed by atoms with Crippen LogP contribution in [0.1, 0.15) is 15.9 Å². The van der Waals surface area contributed by atoms with Gasteiger partial charge in [0, 0.05) is 5.56 Å². The van der Waals surface area contributed by atoms with Crippen molar-refractivity contribution in [1.29, 1.82) is 0 Å². The number of hydrogen-bond acceptors (Lipinski definition) is 5. The summed E-state index contributed by atoms with van der Waals surface area (Å²) in [5, 5.41) is -0.624. The van der Waals surface area contributed by atoms with Crippen molar-refractivity contribution in [2.24, 2.45) is 0 Å². The molecule has 3 rings (SSSR count). The van der Waals surface area contributed by atoms with Gasteiger partial charge in [0.2, 0.25) is 5.28 Å². The number of fused-ring (bicyclic) bond motifs is 1. The topological polar surface area (TPSA) is 95.6 Å². The number of anilines is 1. The third-order valence-corrected chi connectivity index (χ3v) is 3.59. The number of alkyl halides is 3. The molecule has 0 bridgehead atoms. The molecule has 0 aliphatic rings. The Hall–Kier alpha value is -2.59. The number of carbonyl (C=O) groups excluding carboxylic acids is 1. The average molecular weight is 391 g/mol. The fraction of sp³-hybridized carbons (Fsp3) is 0.0769. The number of nitrogens with zero attached hydrogens (tertiary/aromatic N) is 3. The molecular formula is C13H7Cl2F3N6O. The van der Waals surface area contributed by atoms with Crippen LogP contribution in [-0.2, 0) is 6.18 Å². The van der Waals surface area contributed by atoms with Crippen molar-refractivity contribution in [2.45, 2.75) is 6.18 Å². The SMILES string of the molecule is O=C(NNc1nc(Cl)nc2nc[nH]c12)c1ccc(Cl)c(C(F)(F)F)c1. The predicted octanol–water partition coefficient (Wildman–Crippen LogP) is 3.44. The molecular weight excluding hydrogens is 384 g/mol. The summed E-state index contributed by atoms with van der Waals surface area (Å²) in [5.41, 5.74) is 3.95. The van der Waals surface area contributed by atoms with Crippen LogP contribution in [0.2, 0.25) is 10.3 Å². The average Bonchev–Trinajstić information content (AvgIpc) is 2.99. The molecule has 0 saturated carbocycles. The van der Waals surface area contributed by atoms with Gasteiger partial charge in [-0.15, -0.1) is 0 Å². The number of rotatable bonds is 3. The first-order valence-electron chi connectivity index (χ1n) is 6.55. The van der Waals surface area contributed by atoms with E-state index in [0.717, 1.165) is 12.1 Å². The fourth-order valence-corrected chi connectivity index (χ4v) is 2.36. The summed E-state index contributed by atoms with van der Waals surface area (Å²) in [7, 11) is 0. The van der Waals surface area contributed by atoms with E-state index in [1.54, 1.807) is 0 Å². The molecule has 0 spiro atoms. The Morgan fingerprint density at radius 3 is 2.68 bits per heavy atom. The maximum absolute atomic E-state index is 12.9. The Morgan fingerprint density at radius 1 is 1.20 bits per heavy atom. The normalized spacial score (nSPS) is 11.6. The van der Waals surface area contributed by atoms with E-state index in [-0.39, 0.29) is 22.3 Å². The molecule has 0 radical (unpaired) electrons. The van der Waals surface area contributed by atoms with Crippen LogP contribution in [-0.4, -0.2) is 25.8 Å². The number of H-pyrrole nitrogens is 1. The van der Waals surface area contributed by atoms with E-state index in [1.807, 2.05) is 0 Å². The van der Waals surface area contributed by atoms with Crippen LogP contribution in [0.15, 0.2) is 24.5 Å². The van der Waals surface area contributed by atoms with Gasteiger partial charge in [-0.25, -0.2) is 4.98 Å².